The summed E-state index contributed by atoms with van der Waals surface area (Å²) in [5, 5.41) is 5.56. The lowest BCUT2D eigenvalue weighted by molar-refractivity contribution is -0.120. The van der Waals surface area contributed by atoms with Crippen LogP contribution in [0.2, 0.25) is 0 Å². The van der Waals surface area contributed by atoms with E-state index in [1.807, 2.05) is 11.8 Å². The Hall–Kier alpha value is -1.69. The predicted octanol–water partition coefficient (Wildman–Crippen LogP) is 1.01. The zero-order valence-electron chi connectivity index (χ0n) is 11.2. The average molecular weight is 293 g/mol. The van der Waals surface area contributed by atoms with Crippen molar-refractivity contribution in [2.45, 2.75) is 18.9 Å². The van der Waals surface area contributed by atoms with Gasteiger partial charge in [-0.1, -0.05) is 0 Å². The first kappa shape index (κ1) is 14.7. The number of nitrogen functional groups attached to an aromatic ring is 1. The zero-order valence-corrected chi connectivity index (χ0v) is 12.0. The number of carbonyl (C=O) groups excluding carboxylic acids is 2. The number of anilines is 1. The lowest BCUT2D eigenvalue weighted by Crippen LogP contribution is -2.43. The van der Waals surface area contributed by atoms with Crippen LogP contribution in [0.15, 0.2) is 24.3 Å². The molecule has 0 aliphatic carbocycles. The van der Waals surface area contributed by atoms with Gasteiger partial charge in [-0.05, 0) is 48.6 Å². The van der Waals surface area contributed by atoms with Gasteiger partial charge in [0.15, 0.2) is 0 Å². The van der Waals surface area contributed by atoms with Crippen LogP contribution >= 0.6 is 11.8 Å². The Morgan fingerprint density at radius 2 is 1.85 bits per heavy atom. The third kappa shape index (κ3) is 4.45. The lowest BCUT2D eigenvalue weighted by atomic mass is 10.1. The SMILES string of the molecule is Nc1ccc(C(=O)NCC(=O)NC2CCSCC2)cc1. The van der Waals surface area contributed by atoms with Crippen LogP contribution in [0.25, 0.3) is 0 Å². The van der Waals surface area contributed by atoms with Gasteiger partial charge < -0.3 is 16.4 Å². The second-order valence-electron chi connectivity index (χ2n) is 4.76. The molecule has 5 nitrogen and oxygen atoms in total. The summed E-state index contributed by atoms with van der Waals surface area (Å²) in [7, 11) is 0. The Kier molecular flexibility index (Phi) is 5.29. The standard InChI is InChI=1S/C14H19N3O2S/c15-11-3-1-10(2-4-11)14(19)16-9-13(18)17-12-5-7-20-8-6-12/h1-4,12H,5-9,15H2,(H,16,19)(H,17,18). The second kappa shape index (κ2) is 7.19. The van der Waals surface area contributed by atoms with Gasteiger partial charge in [0.25, 0.3) is 5.91 Å². The average Bonchev–Trinajstić information content (AvgIpc) is 2.46. The summed E-state index contributed by atoms with van der Waals surface area (Å²) in [4.78, 5) is 23.6. The van der Waals surface area contributed by atoms with Crippen molar-refractivity contribution in [1.29, 1.82) is 0 Å². The van der Waals surface area contributed by atoms with Crippen LogP contribution in [0.4, 0.5) is 5.69 Å². The van der Waals surface area contributed by atoms with Gasteiger partial charge in [-0.3, -0.25) is 9.59 Å². The molecule has 0 aromatic heterocycles. The monoisotopic (exact) mass is 293 g/mol. The molecule has 0 unspecified atom stereocenters. The molecule has 108 valence electrons. The molecular formula is C14H19N3O2S. The van der Waals surface area contributed by atoms with Gasteiger partial charge in [0.1, 0.15) is 0 Å². The molecule has 1 aromatic rings. The topological polar surface area (TPSA) is 84.2 Å². The quantitative estimate of drug-likeness (QED) is 0.723. The number of hydrogen-bond donors (Lipinski definition) is 3. The van der Waals surface area contributed by atoms with E-state index in [0.717, 1.165) is 24.3 Å². The highest BCUT2D eigenvalue weighted by Crippen LogP contribution is 2.16. The highest BCUT2D eigenvalue weighted by Gasteiger charge is 2.16. The van der Waals surface area contributed by atoms with Gasteiger partial charge in [-0.15, -0.1) is 0 Å². The molecule has 1 fully saturated rings. The molecule has 1 aliphatic rings. The van der Waals surface area contributed by atoms with Crippen LogP contribution < -0.4 is 16.4 Å². The van der Waals surface area contributed by atoms with Crippen LogP contribution in [0.3, 0.4) is 0 Å². The van der Waals surface area contributed by atoms with E-state index in [1.54, 1.807) is 24.3 Å². The van der Waals surface area contributed by atoms with Crippen molar-refractivity contribution in [3.63, 3.8) is 0 Å². The summed E-state index contributed by atoms with van der Waals surface area (Å²) < 4.78 is 0. The van der Waals surface area contributed by atoms with Crippen molar-refractivity contribution >= 4 is 29.3 Å². The molecule has 20 heavy (non-hydrogen) atoms. The van der Waals surface area contributed by atoms with Crippen molar-refractivity contribution in [3.8, 4) is 0 Å². The summed E-state index contributed by atoms with van der Waals surface area (Å²) in [5.41, 5.74) is 6.66. The fourth-order valence-corrected chi connectivity index (χ4v) is 3.12. The van der Waals surface area contributed by atoms with Gasteiger partial charge in [-0.25, -0.2) is 0 Å². The summed E-state index contributed by atoms with van der Waals surface area (Å²) in [5.74, 6) is 1.77. The van der Waals surface area contributed by atoms with E-state index in [0.29, 0.717) is 11.3 Å². The number of nitrogens with two attached hydrogens (primary N) is 1. The second-order valence-corrected chi connectivity index (χ2v) is 5.98. The summed E-state index contributed by atoms with van der Waals surface area (Å²) >= 11 is 1.91. The zero-order chi connectivity index (χ0) is 14.4. The minimum Gasteiger partial charge on any atom is -0.399 e. The first-order valence-corrected chi connectivity index (χ1v) is 7.81. The van der Waals surface area contributed by atoms with E-state index in [2.05, 4.69) is 10.6 Å². The van der Waals surface area contributed by atoms with Crippen molar-refractivity contribution in [2.24, 2.45) is 0 Å². The van der Waals surface area contributed by atoms with E-state index in [1.165, 1.54) is 0 Å². The molecule has 1 aliphatic heterocycles. The van der Waals surface area contributed by atoms with Gasteiger partial charge in [0, 0.05) is 17.3 Å². The smallest absolute Gasteiger partial charge is 0.251 e. The van der Waals surface area contributed by atoms with Gasteiger partial charge in [-0.2, -0.15) is 11.8 Å². The summed E-state index contributed by atoms with van der Waals surface area (Å²) in [6, 6.07) is 6.85. The molecular weight excluding hydrogens is 274 g/mol. The lowest BCUT2D eigenvalue weighted by Gasteiger charge is -2.22. The number of thioether (sulfide) groups is 1. The predicted molar refractivity (Wildman–Crippen MR) is 81.7 cm³/mol. The number of rotatable bonds is 4. The molecule has 4 N–H and O–H groups in total. The molecule has 0 radical (unpaired) electrons. The largest absolute Gasteiger partial charge is 0.399 e. The Morgan fingerprint density at radius 1 is 1.20 bits per heavy atom. The molecule has 1 aromatic carbocycles. The maximum atomic E-state index is 11.8. The molecule has 6 heteroatoms. The molecule has 2 amide bonds. The fraction of sp³-hybridized carbons (Fsp3) is 0.429. The van der Waals surface area contributed by atoms with Crippen LogP contribution in [0.5, 0.6) is 0 Å². The van der Waals surface area contributed by atoms with Crippen molar-refractivity contribution in [2.75, 3.05) is 23.8 Å². The Bertz CT molecular complexity index is 470. The molecule has 0 saturated carbocycles. The van der Waals surface area contributed by atoms with Gasteiger partial charge >= 0.3 is 0 Å². The van der Waals surface area contributed by atoms with Crippen LogP contribution in [-0.4, -0.2) is 35.9 Å². The van der Waals surface area contributed by atoms with E-state index < -0.39 is 0 Å². The van der Waals surface area contributed by atoms with Crippen LogP contribution in [-0.2, 0) is 4.79 Å². The maximum absolute atomic E-state index is 11.8. The molecule has 2 rings (SSSR count). The highest BCUT2D eigenvalue weighted by atomic mass is 32.2. The number of amides is 2. The number of hydrogen-bond acceptors (Lipinski definition) is 4. The van der Waals surface area contributed by atoms with Gasteiger partial charge in [0.05, 0.1) is 6.54 Å². The minimum atomic E-state index is -0.264. The van der Waals surface area contributed by atoms with Gasteiger partial charge in [0.2, 0.25) is 5.91 Å². The first-order chi connectivity index (χ1) is 9.65. The van der Waals surface area contributed by atoms with E-state index >= 15 is 0 Å². The Labute approximate surface area is 122 Å². The van der Waals surface area contributed by atoms with E-state index in [4.69, 9.17) is 5.73 Å². The summed E-state index contributed by atoms with van der Waals surface area (Å²) in [6.07, 6.45) is 2.00. The van der Waals surface area contributed by atoms with Crippen molar-refractivity contribution < 1.29 is 9.59 Å². The number of benzene rings is 1. The normalized spacial score (nSPS) is 15.6. The van der Waals surface area contributed by atoms with E-state index in [-0.39, 0.29) is 24.4 Å². The van der Waals surface area contributed by atoms with Crippen molar-refractivity contribution in [3.05, 3.63) is 29.8 Å². The third-order valence-corrected chi connectivity index (χ3v) is 4.22. The summed E-state index contributed by atoms with van der Waals surface area (Å²) in [6.45, 7) is 0.00680. The third-order valence-electron chi connectivity index (χ3n) is 3.17. The molecule has 0 atom stereocenters. The minimum absolute atomic E-state index is 0.00680. The molecule has 0 bridgehead atoms. The Balaban J connectivity index is 1.75. The number of nitrogens with one attached hydrogen (secondary N) is 2. The Morgan fingerprint density at radius 3 is 2.50 bits per heavy atom. The molecule has 0 spiro atoms. The molecule has 1 saturated heterocycles. The number of carbonyl (C=O) groups is 2. The van der Waals surface area contributed by atoms with Crippen LogP contribution in [0, 0.1) is 0 Å². The first-order valence-electron chi connectivity index (χ1n) is 6.66. The fourth-order valence-electron chi connectivity index (χ4n) is 2.02. The maximum Gasteiger partial charge on any atom is 0.251 e. The van der Waals surface area contributed by atoms with E-state index in [9.17, 15) is 9.59 Å². The van der Waals surface area contributed by atoms with Crippen LogP contribution in [0.1, 0.15) is 23.2 Å². The molecule has 1 heterocycles. The highest BCUT2D eigenvalue weighted by molar-refractivity contribution is 7.99. The van der Waals surface area contributed by atoms with Crippen molar-refractivity contribution in [1.82, 2.24) is 10.6 Å².